The zero-order valence-electron chi connectivity index (χ0n) is 14.9. The molecular weight excluding hydrogens is 318 g/mol. The number of rotatable bonds is 4. The van der Waals surface area contributed by atoms with Crippen LogP contribution in [0.15, 0.2) is 30.3 Å². The lowest BCUT2D eigenvalue weighted by molar-refractivity contribution is -0.133. The number of morpholine rings is 1. The molecule has 25 heavy (non-hydrogen) atoms. The number of aromatic nitrogens is 2. The van der Waals surface area contributed by atoms with E-state index in [0.29, 0.717) is 36.6 Å². The number of aryl methyl sites for hydroxylation is 1. The van der Waals surface area contributed by atoms with Crippen LogP contribution in [-0.4, -0.2) is 52.2 Å². The zero-order chi connectivity index (χ0) is 18.0. The highest BCUT2D eigenvalue weighted by Gasteiger charge is 2.31. The second-order valence-corrected chi connectivity index (χ2v) is 6.27. The second-order valence-electron chi connectivity index (χ2n) is 6.27. The fraction of sp³-hybridized carbons (Fsp3) is 0.421. The lowest BCUT2D eigenvalue weighted by Crippen LogP contribution is -2.48. The quantitative estimate of drug-likeness (QED) is 0.632. The van der Waals surface area contributed by atoms with E-state index < -0.39 is 11.7 Å². The molecule has 3 rings (SSSR count). The molecular formula is C19H23N3O3. The molecule has 0 radical (unpaired) electrons. The molecule has 1 amide bonds. The summed E-state index contributed by atoms with van der Waals surface area (Å²) < 4.78 is 7.29. The molecule has 0 spiro atoms. The minimum atomic E-state index is -0.492. The molecule has 6 heteroatoms. The van der Waals surface area contributed by atoms with Crippen molar-refractivity contribution in [2.45, 2.75) is 33.3 Å². The number of ether oxygens (including phenoxy) is 1. The van der Waals surface area contributed by atoms with Gasteiger partial charge in [0, 0.05) is 13.1 Å². The predicted octanol–water partition coefficient (Wildman–Crippen LogP) is 2.31. The first-order chi connectivity index (χ1) is 12.0. The standard InChI is InChI=1S/C19H23N3O3/c1-4-16-12-21(10-11-25-16)19(24)18(23)17-13(2)20-22(14(17)3)15-8-6-5-7-9-15/h5-9,16H,4,10-12H2,1-3H3. The summed E-state index contributed by atoms with van der Waals surface area (Å²) >= 11 is 0. The molecule has 6 nitrogen and oxygen atoms in total. The van der Waals surface area contributed by atoms with E-state index in [0.717, 1.165) is 12.1 Å². The van der Waals surface area contributed by atoms with Crippen molar-refractivity contribution < 1.29 is 14.3 Å². The zero-order valence-corrected chi connectivity index (χ0v) is 14.9. The van der Waals surface area contributed by atoms with Crippen LogP contribution in [0.1, 0.15) is 35.1 Å². The maximum Gasteiger partial charge on any atom is 0.295 e. The van der Waals surface area contributed by atoms with Crippen molar-refractivity contribution in [1.82, 2.24) is 14.7 Å². The van der Waals surface area contributed by atoms with Crippen molar-refractivity contribution in [1.29, 1.82) is 0 Å². The van der Waals surface area contributed by atoms with Crippen molar-refractivity contribution in [2.24, 2.45) is 0 Å². The van der Waals surface area contributed by atoms with Gasteiger partial charge in [-0.3, -0.25) is 9.59 Å². The van der Waals surface area contributed by atoms with Gasteiger partial charge in [0.2, 0.25) is 0 Å². The number of benzene rings is 1. The number of carbonyl (C=O) groups is 2. The van der Waals surface area contributed by atoms with Gasteiger partial charge in [-0.05, 0) is 32.4 Å². The van der Waals surface area contributed by atoms with Crippen LogP contribution in [-0.2, 0) is 9.53 Å². The normalized spacial score (nSPS) is 17.6. The molecule has 1 unspecified atom stereocenters. The van der Waals surface area contributed by atoms with Crippen molar-refractivity contribution in [3.63, 3.8) is 0 Å². The Morgan fingerprint density at radius 1 is 1.24 bits per heavy atom. The Kier molecular flexibility index (Phi) is 4.99. The Labute approximate surface area is 147 Å². The minimum absolute atomic E-state index is 0.000245. The first-order valence-electron chi connectivity index (χ1n) is 8.59. The number of carbonyl (C=O) groups excluding carboxylic acids is 2. The summed E-state index contributed by atoms with van der Waals surface area (Å²) in [5.41, 5.74) is 2.52. The summed E-state index contributed by atoms with van der Waals surface area (Å²) in [4.78, 5) is 27.1. The van der Waals surface area contributed by atoms with Gasteiger partial charge in [-0.1, -0.05) is 25.1 Å². The number of hydrogen-bond donors (Lipinski definition) is 0. The van der Waals surface area contributed by atoms with E-state index in [2.05, 4.69) is 5.10 Å². The third kappa shape index (κ3) is 3.35. The van der Waals surface area contributed by atoms with Gasteiger partial charge in [-0.25, -0.2) is 4.68 Å². The Bertz CT molecular complexity index is 783. The topological polar surface area (TPSA) is 64.4 Å². The van der Waals surface area contributed by atoms with E-state index in [-0.39, 0.29) is 6.10 Å². The highest BCUT2D eigenvalue weighted by atomic mass is 16.5. The summed E-state index contributed by atoms with van der Waals surface area (Å²) in [5.74, 6) is -0.963. The summed E-state index contributed by atoms with van der Waals surface area (Å²) in [6.45, 7) is 6.98. The van der Waals surface area contributed by atoms with Gasteiger partial charge >= 0.3 is 0 Å². The van der Waals surface area contributed by atoms with Gasteiger partial charge in [0.25, 0.3) is 11.7 Å². The van der Waals surface area contributed by atoms with Crippen LogP contribution in [0.4, 0.5) is 0 Å². The molecule has 132 valence electrons. The Morgan fingerprint density at radius 2 is 1.96 bits per heavy atom. The molecule has 1 aliphatic rings. The summed E-state index contributed by atoms with van der Waals surface area (Å²) in [6, 6.07) is 9.59. The van der Waals surface area contributed by atoms with Crippen LogP contribution in [0.3, 0.4) is 0 Å². The van der Waals surface area contributed by atoms with Crippen LogP contribution < -0.4 is 0 Å². The number of Topliss-reactive ketones (excluding diaryl/α,β-unsaturated/α-hetero) is 1. The Balaban J connectivity index is 1.87. The van der Waals surface area contributed by atoms with Crippen LogP contribution in [0.2, 0.25) is 0 Å². The van der Waals surface area contributed by atoms with Crippen molar-refractivity contribution >= 4 is 11.7 Å². The van der Waals surface area contributed by atoms with E-state index in [1.54, 1.807) is 16.5 Å². The Hall–Kier alpha value is -2.47. The maximum absolute atomic E-state index is 12.8. The second kappa shape index (κ2) is 7.19. The SMILES string of the molecule is CCC1CN(C(=O)C(=O)c2c(C)nn(-c3ccccc3)c2C)CCO1. The predicted molar refractivity (Wildman–Crippen MR) is 94.0 cm³/mol. The molecule has 1 atom stereocenters. The van der Waals surface area contributed by atoms with Crippen molar-refractivity contribution in [2.75, 3.05) is 19.7 Å². The molecule has 0 aliphatic carbocycles. The minimum Gasteiger partial charge on any atom is -0.375 e. The highest BCUT2D eigenvalue weighted by molar-refractivity contribution is 6.43. The molecule has 2 aromatic rings. The summed E-state index contributed by atoms with van der Waals surface area (Å²) in [5, 5.41) is 4.46. The van der Waals surface area contributed by atoms with E-state index in [1.807, 2.05) is 44.2 Å². The molecule has 0 saturated carbocycles. The fourth-order valence-electron chi connectivity index (χ4n) is 3.19. The van der Waals surface area contributed by atoms with Crippen LogP contribution >= 0.6 is 0 Å². The van der Waals surface area contributed by atoms with Crippen molar-refractivity contribution in [3.05, 3.63) is 47.3 Å². The number of para-hydroxylation sites is 1. The van der Waals surface area contributed by atoms with Gasteiger partial charge in [0.05, 0.1) is 35.3 Å². The highest BCUT2D eigenvalue weighted by Crippen LogP contribution is 2.20. The molecule has 1 aliphatic heterocycles. The van der Waals surface area contributed by atoms with Gasteiger partial charge in [0.1, 0.15) is 0 Å². The van der Waals surface area contributed by atoms with Gasteiger partial charge < -0.3 is 9.64 Å². The molecule has 0 N–H and O–H groups in total. The van der Waals surface area contributed by atoms with E-state index >= 15 is 0 Å². The average Bonchev–Trinajstić information content (AvgIpc) is 2.95. The first kappa shape index (κ1) is 17.4. The Morgan fingerprint density at radius 3 is 2.64 bits per heavy atom. The monoisotopic (exact) mass is 341 g/mol. The van der Waals surface area contributed by atoms with E-state index in [1.165, 1.54) is 0 Å². The molecule has 1 fully saturated rings. The smallest absolute Gasteiger partial charge is 0.295 e. The number of hydrogen-bond acceptors (Lipinski definition) is 4. The third-order valence-electron chi connectivity index (χ3n) is 4.59. The number of ketones is 1. The lowest BCUT2D eigenvalue weighted by Gasteiger charge is -2.32. The van der Waals surface area contributed by atoms with Crippen LogP contribution in [0, 0.1) is 13.8 Å². The van der Waals surface area contributed by atoms with Crippen LogP contribution in [0.5, 0.6) is 0 Å². The van der Waals surface area contributed by atoms with E-state index in [9.17, 15) is 9.59 Å². The van der Waals surface area contributed by atoms with Gasteiger partial charge in [0.15, 0.2) is 0 Å². The molecule has 1 saturated heterocycles. The summed E-state index contributed by atoms with van der Waals surface area (Å²) in [7, 11) is 0. The molecule has 0 bridgehead atoms. The van der Waals surface area contributed by atoms with Crippen molar-refractivity contribution in [3.8, 4) is 5.69 Å². The third-order valence-corrected chi connectivity index (χ3v) is 4.59. The van der Waals surface area contributed by atoms with Crippen LogP contribution in [0.25, 0.3) is 5.69 Å². The van der Waals surface area contributed by atoms with Gasteiger partial charge in [-0.2, -0.15) is 5.10 Å². The molecule has 1 aromatic heterocycles. The number of nitrogens with zero attached hydrogens (tertiary/aromatic N) is 3. The first-order valence-corrected chi connectivity index (χ1v) is 8.59. The fourth-order valence-corrected chi connectivity index (χ4v) is 3.19. The average molecular weight is 341 g/mol. The lowest BCUT2D eigenvalue weighted by atomic mass is 10.1. The maximum atomic E-state index is 12.8. The largest absolute Gasteiger partial charge is 0.375 e. The molecule has 2 heterocycles. The van der Waals surface area contributed by atoms with Gasteiger partial charge in [-0.15, -0.1) is 0 Å². The number of amides is 1. The molecule has 1 aromatic carbocycles. The summed E-state index contributed by atoms with van der Waals surface area (Å²) in [6.07, 6.45) is 0.821. The van der Waals surface area contributed by atoms with E-state index in [4.69, 9.17) is 4.74 Å².